The predicted molar refractivity (Wildman–Crippen MR) is 58.1 cm³/mol. The zero-order valence-corrected chi connectivity index (χ0v) is 9.21. The molecule has 0 radical (unpaired) electrons. The Morgan fingerprint density at radius 2 is 1.94 bits per heavy atom. The fourth-order valence-corrected chi connectivity index (χ4v) is 1.54. The number of benzene rings is 1. The van der Waals surface area contributed by atoms with Crippen LogP contribution in [0.5, 0.6) is 0 Å². The normalized spacial score (nSPS) is 13.9. The molecule has 98 valence electrons. The summed E-state index contributed by atoms with van der Waals surface area (Å²) in [7, 11) is 0. The van der Waals surface area contributed by atoms with Gasteiger partial charge in [0.1, 0.15) is 17.5 Å². The fraction of sp³-hybridized carbons (Fsp3) is 0.273. The third-order valence-corrected chi connectivity index (χ3v) is 2.35. The summed E-state index contributed by atoms with van der Waals surface area (Å²) in [6, 6.07) is 3.26. The van der Waals surface area contributed by atoms with E-state index < -0.39 is 41.9 Å². The lowest BCUT2D eigenvalue weighted by Crippen LogP contribution is -2.27. The molecular formula is C11H12FNO5. The summed E-state index contributed by atoms with van der Waals surface area (Å²) in [4.78, 5) is 21.5. The number of halogens is 1. The molecule has 0 aliphatic rings. The van der Waals surface area contributed by atoms with Gasteiger partial charge in [0.05, 0.1) is 12.5 Å². The highest BCUT2D eigenvalue weighted by Gasteiger charge is 2.26. The molecule has 0 fully saturated rings. The van der Waals surface area contributed by atoms with Gasteiger partial charge in [0.25, 0.3) is 0 Å². The highest BCUT2D eigenvalue weighted by Crippen LogP contribution is 2.24. The van der Waals surface area contributed by atoms with Gasteiger partial charge in [0.2, 0.25) is 5.91 Å². The monoisotopic (exact) mass is 257 g/mol. The van der Waals surface area contributed by atoms with Crippen LogP contribution in [0.3, 0.4) is 0 Å². The lowest BCUT2D eigenvalue weighted by atomic mass is 9.96. The van der Waals surface area contributed by atoms with E-state index in [1.807, 2.05) is 0 Å². The molecule has 0 bridgehead atoms. The number of hydrogen-bond acceptors (Lipinski definition) is 4. The van der Waals surface area contributed by atoms with Crippen molar-refractivity contribution in [3.05, 3.63) is 35.1 Å². The van der Waals surface area contributed by atoms with Crippen molar-refractivity contribution in [3.8, 4) is 0 Å². The molecule has 6 nitrogen and oxygen atoms in total. The van der Waals surface area contributed by atoms with Crippen LogP contribution in [-0.4, -0.2) is 33.3 Å². The van der Waals surface area contributed by atoms with Crippen molar-refractivity contribution >= 4 is 11.9 Å². The number of carboxylic acids is 1. The first kappa shape index (κ1) is 14.1. The number of aliphatic hydroxyl groups excluding tert-OH is 2. The molecule has 5 N–H and O–H groups in total. The summed E-state index contributed by atoms with van der Waals surface area (Å²) >= 11 is 0. The number of hydrogen-bond donors (Lipinski definition) is 4. The van der Waals surface area contributed by atoms with E-state index in [4.69, 9.17) is 10.8 Å². The summed E-state index contributed by atoms with van der Waals surface area (Å²) < 4.78 is 13.3. The van der Waals surface area contributed by atoms with Gasteiger partial charge in [-0.05, 0) is 6.07 Å². The minimum absolute atomic E-state index is 0.309. The topological polar surface area (TPSA) is 121 Å². The summed E-state index contributed by atoms with van der Waals surface area (Å²) in [6.07, 6.45) is -3.86. The lowest BCUT2D eigenvalue weighted by molar-refractivity contribution is -0.121. The molecule has 0 aliphatic carbocycles. The van der Waals surface area contributed by atoms with Crippen LogP contribution in [-0.2, 0) is 4.79 Å². The zero-order chi connectivity index (χ0) is 13.9. The molecule has 2 unspecified atom stereocenters. The second kappa shape index (κ2) is 5.56. The Bertz CT molecular complexity index is 477. The van der Waals surface area contributed by atoms with Crippen LogP contribution in [0.2, 0.25) is 0 Å². The van der Waals surface area contributed by atoms with Gasteiger partial charge in [-0.3, -0.25) is 4.79 Å². The highest BCUT2D eigenvalue weighted by molar-refractivity contribution is 5.90. The molecule has 1 aromatic rings. The highest BCUT2D eigenvalue weighted by atomic mass is 19.1. The van der Waals surface area contributed by atoms with E-state index in [1.54, 1.807) is 0 Å². The van der Waals surface area contributed by atoms with Gasteiger partial charge < -0.3 is 21.1 Å². The predicted octanol–water partition coefficient (Wildman–Crippen LogP) is -0.206. The summed E-state index contributed by atoms with van der Waals surface area (Å²) in [6.45, 7) is 0. The average Bonchev–Trinajstić information content (AvgIpc) is 2.26. The summed E-state index contributed by atoms with van der Waals surface area (Å²) in [5, 5.41) is 28.0. The number of aromatic carboxylic acids is 1. The van der Waals surface area contributed by atoms with E-state index in [0.717, 1.165) is 12.1 Å². The third kappa shape index (κ3) is 3.02. The Kier molecular flexibility index (Phi) is 4.35. The number of amides is 1. The first-order valence-corrected chi connectivity index (χ1v) is 5.00. The summed E-state index contributed by atoms with van der Waals surface area (Å²) in [5.74, 6) is -3.48. The van der Waals surface area contributed by atoms with Crippen LogP contribution in [0.15, 0.2) is 18.2 Å². The molecule has 0 heterocycles. The van der Waals surface area contributed by atoms with Crippen molar-refractivity contribution < 1.29 is 29.3 Å². The average molecular weight is 257 g/mol. The van der Waals surface area contributed by atoms with Crippen LogP contribution in [0.4, 0.5) is 4.39 Å². The van der Waals surface area contributed by atoms with Gasteiger partial charge in [0, 0.05) is 5.56 Å². The van der Waals surface area contributed by atoms with E-state index in [-0.39, 0.29) is 5.56 Å². The Hall–Kier alpha value is -1.99. The van der Waals surface area contributed by atoms with Gasteiger partial charge in [0.15, 0.2) is 0 Å². The molecule has 1 aromatic carbocycles. The van der Waals surface area contributed by atoms with Crippen LogP contribution >= 0.6 is 0 Å². The largest absolute Gasteiger partial charge is 0.478 e. The first-order valence-electron chi connectivity index (χ1n) is 5.00. The van der Waals surface area contributed by atoms with E-state index >= 15 is 0 Å². The number of carbonyl (C=O) groups is 2. The number of rotatable bonds is 5. The van der Waals surface area contributed by atoms with E-state index in [9.17, 15) is 24.2 Å². The maximum absolute atomic E-state index is 13.3. The van der Waals surface area contributed by atoms with Crippen molar-refractivity contribution in [2.75, 3.05) is 0 Å². The minimum Gasteiger partial charge on any atom is -0.478 e. The van der Waals surface area contributed by atoms with Gasteiger partial charge >= 0.3 is 5.97 Å². The summed E-state index contributed by atoms with van der Waals surface area (Å²) in [5.41, 5.74) is 3.79. The van der Waals surface area contributed by atoms with Crippen LogP contribution < -0.4 is 5.73 Å². The quantitative estimate of drug-likeness (QED) is 0.581. The Balaban J connectivity index is 3.12. The molecular weight excluding hydrogens is 245 g/mol. The molecule has 1 rings (SSSR count). The Labute approximate surface area is 101 Å². The maximum Gasteiger partial charge on any atom is 0.339 e. The molecule has 7 heteroatoms. The molecule has 0 saturated heterocycles. The molecule has 0 saturated carbocycles. The second-order valence-corrected chi connectivity index (χ2v) is 3.69. The number of nitrogens with two attached hydrogens (primary N) is 1. The lowest BCUT2D eigenvalue weighted by Gasteiger charge is -2.18. The second-order valence-electron chi connectivity index (χ2n) is 3.69. The molecule has 0 aromatic heterocycles. The third-order valence-electron chi connectivity index (χ3n) is 2.35. The van der Waals surface area contributed by atoms with Gasteiger partial charge in [-0.2, -0.15) is 0 Å². The van der Waals surface area contributed by atoms with Crippen LogP contribution in [0.1, 0.15) is 28.4 Å². The molecule has 0 aliphatic heterocycles. The number of carbonyl (C=O) groups excluding carboxylic acids is 1. The molecule has 18 heavy (non-hydrogen) atoms. The Morgan fingerprint density at radius 1 is 1.33 bits per heavy atom. The molecule has 0 spiro atoms. The van der Waals surface area contributed by atoms with Crippen LogP contribution in [0.25, 0.3) is 0 Å². The number of carboxylic acid groups (broad SMARTS) is 1. The number of primary amides is 1. The minimum atomic E-state index is -1.71. The molecule has 1 amide bonds. The van der Waals surface area contributed by atoms with Crippen molar-refractivity contribution in [1.29, 1.82) is 0 Å². The van der Waals surface area contributed by atoms with E-state index in [2.05, 4.69) is 0 Å². The van der Waals surface area contributed by atoms with E-state index in [1.165, 1.54) is 6.07 Å². The maximum atomic E-state index is 13.3. The standard InChI is InChI=1S/C11H12FNO5/c12-6-3-1-2-5(9(6)11(17)18)10(16)7(14)4-8(13)15/h1-3,7,10,14,16H,4H2,(H2,13,15)(H,17,18). The van der Waals surface area contributed by atoms with Gasteiger partial charge in [-0.25, -0.2) is 9.18 Å². The number of aliphatic hydroxyl groups is 2. The van der Waals surface area contributed by atoms with Gasteiger partial charge in [-0.1, -0.05) is 12.1 Å². The molecule has 2 atom stereocenters. The van der Waals surface area contributed by atoms with E-state index in [0.29, 0.717) is 0 Å². The first-order chi connectivity index (χ1) is 8.34. The zero-order valence-electron chi connectivity index (χ0n) is 9.21. The fourth-order valence-electron chi connectivity index (χ4n) is 1.54. The van der Waals surface area contributed by atoms with Crippen molar-refractivity contribution in [3.63, 3.8) is 0 Å². The Morgan fingerprint density at radius 3 is 2.44 bits per heavy atom. The van der Waals surface area contributed by atoms with Crippen molar-refractivity contribution in [2.45, 2.75) is 18.6 Å². The van der Waals surface area contributed by atoms with Gasteiger partial charge in [-0.15, -0.1) is 0 Å². The van der Waals surface area contributed by atoms with Crippen molar-refractivity contribution in [2.24, 2.45) is 5.73 Å². The van der Waals surface area contributed by atoms with Crippen molar-refractivity contribution in [1.82, 2.24) is 0 Å². The smallest absolute Gasteiger partial charge is 0.339 e. The van der Waals surface area contributed by atoms with Crippen LogP contribution in [0, 0.1) is 5.82 Å². The SMILES string of the molecule is NC(=O)CC(O)C(O)c1cccc(F)c1C(=O)O.